The molecule has 1 fully saturated rings. The first kappa shape index (κ1) is 12.6. The Balaban J connectivity index is 1.58. The minimum Gasteiger partial charge on any atom is -0.313 e. The van der Waals surface area contributed by atoms with E-state index >= 15 is 0 Å². The topological polar surface area (TPSA) is 12.0 Å². The lowest BCUT2D eigenvalue weighted by molar-refractivity contribution is 0.430. The van der Waals surface area contributed by atoms with E-state index in [4.69, 9.17) is 0 Å². The Hall–Kier alpha value is -0.470. The van der Waals surface area contributed by atoms with E-state index in [1.807, 2.05) is 11.8 Å². The maximum absolute atomic E-state index is 3.63. The van der Waals surface area contributed by atoms with Crippen molar-refractivity contribution in [3.8, 4) is 0 Å². The van der Waals surface area contributed by atoms with Gasteiger partial charge < -0.3 is 5.32 Å². The number of fused-ring (bicyclic) bond motifs is 1. The molecule has 1 aliphatic carbocycles. The maximum Gasteiger partial charge on any atom is 0.0161 e. The third-order valence-electron chi connectivity index (χ3n) is 4.18. The minimum absolute atomic E-state index is 0.736. The van der Waals surface area contributed by atoms with E-state index in [9.17, 15) is 0 Å². The first-order valence-electron chi connectivity index (χ1n) is 7.40. The molecule has 0 bridgehead atoms. The molecule has 1 N–H and O–H groups in total. The van der Waals surface area contributed by atoms with Gasteiger partial charge in [0.25, 0.3) is 0 Å². The van der Waals surface area contributed by atoms with Gasteiger partial charge in [-0.3, -0.25) is 0 Å². The van der Waals surface area contributed by atoms with Gasteiger partial charge in [0, 0.05) is 16.7 Å². The van der Waals surface area contributed by atoms with E-state index in [-0.39, 0.29) is 0 Å². The second-order valence-corrected chi connectivity index (χ2v) is 6.69. The van der Waals surface area contributed by atoms with Crippen molar-refractivity contribution >= 4 is 11.8 Å². The molecule has 3 rings (SSSR count). The summed E-state index contributed by atoms with van der Waals surface area (Å²) in [6.45, 7) is 1.22. The Morgan fingerprint density at radius 3 is 2.78 bits per heavy atom. The van der Waals surface area contributed by atoms with E-state index in [1.165, 1.54) is 62.1 Å². The quantitative estimate of drug-likeness (QED) is 0.831. The van der Waals surface area contributed by atoms with Crippen molar-refractivity contribution in [1.29, 1.82) is 0 Å². The van der Waals surface area contributed by atoms with Gasteiger partial charge in [-0.25, -0.2) is 0 Å². The number of rotatable bonds is 3. The van der Waals surface area contributed by atoms with Gasteiger partial charge >= 0.3 is 0 Å². The molecule has 0 saturated carbocycles. The first-order valence-corrected chi connectivity index (χ1v) is 8.38. The molecule has 1 heterocycles. The zero-order valence-corrected chi connectivity index (χ0v) is 11.9. The molecule has 1 saturated heterocycles. The van der Waals surface area contributed by atoms with Crippen LogP contribution < -0.4 is 5.32 Å². The van der Waals surface area contributed by atoms with Gasteiger partial charge in [0.2, 0.25) is 0 Å². The Bertz CT molecular complexity index is 396. The lowest BCUT2D eigenvalue weighted by Gasteiger charge is -2.23. The maximum atomic E-state index is 3.63. The summed E-state index contributed by atoms with van der Waals surface area (Å²) in [6.07, 6.45) is 9.48. The van der Waals surface area contributed by atoms with Crippen LogP contribution >= 0.6 is 11.8 Å². The van der Waals surface area contributed by atoms with Crippen LogP contribution in [0.1, 0.15) is 43.2 Å². The van der Waals surface area contributed by atoms with Crippen LogP contribution in [0.2, 0.25) is 0 Å². The third kappa shape index (κ3) is 3.10. The minimum atomic E-state index is 0.736. The van der Waals surface area contributed by atoms with Crippen molar-refractivity contribution in [2.45, 2.75) is 55.9 Å². The smallest absolute Gasteiger partial charge is 0.0161 e. The van der Waals surface area contributed by atoms with Crippen molar-refractivity contribution in [3.63, 3.8) is 0 Å². The van der Waals surface area contributed by atoms with Gasteiger partial charge in [-0.05, 0) is 68.3 Å². The summed E-state index contributed by atoms with van der Waals surface area (Å²) in [5.74, 6) is 1.23. The molecule has 1 unspecified atom stereocenters. The average Bonchev–Trinajstić information content (AvgIpc) is 2.46. The van der Waals surface area contributed by atoms with Crippen LogP contribution in [0.4, 0.5) is 0 Å². The molecular weight excluding hydrogens is 238 g/mol. The molecule has 18 heavy (non-hydrogen) atoms. The highest BCUT2D eigenvalue weighted by Crippen LogP contribution is 2.28. The predicted molar refractivity (Wildman–Crippen MR) is 79.4 cm³/mol. The normalized spacial score (nSPS) is 23.7. The number of nitrogens with one attached hydrogen (secondary N) is 1. The first-order chi connectivity index (χ1) is 8.92. The second kappa shape index (κ2) is 6.12. The van der Waals surface area contributed by atoms with Gasteiger partial charge in [-0.2, -0.15) is 0 Å². The number of aryl methyl sites for hydroxylation is 2. The van der Waals surface area contributed by atoms with Crippen molar-refractivity contribution in [2.75, 3.05) is 12.3 Å². The Morgan fingerprint density at radius 1 is 1.06 bits per heavy atom. The predicted octanol–water partition coefficient (Wildman–Crippen LogP) is 3.80. The number of piperidine rings is 1. The summed E-state index contributed by atoms with van der Waals surface area (Å²) in [5.41, 5.74) is 3.21. The Labute approximate surface area is 115 Å². The lowest BCUT2D eigenvalue weighted by Crippen LogP contribution is -2.35. The molecular formula is C16H23NS. The van der Waals surface area contributed by atoms with Crippen LogP contribution in [0.15, 0.2) is 23.1 Å². The Kier molecular flexibility index (Phi) is 4.27. The van der Waals surface area contributed by atoms with Crippen molar-refractivity contribution < 1.29 is 0 Å². The van der Waals surface area contributed by atoms with Gasteiger partial charge in [-0.15, -0.1) is 11.8 Å². The largest absolute Gasteiger partial charge is 0.313 e. The highest BCUT2D eigenvalue weighted by molar-refractivity contribution is 7.99. The van der Waals surface area contributed by atoms with Crippen molar-refractivity contribution in [2.24, 2.45) is 0 Å². The summed E-state index contributed by atoms with van der Waals surface area (Å²) in [6, 6.07) is 7.88. The third-order valence-corrected chi connectivity index (χ3v) is 5.34. The molecule has 0 aromatic heterocycles. The lowest BCUT2D eigenvalue weighted by atomic mass is 9.92. The molecule has 98 valence electrons. The van der Waals surface area contributed by atoms with Gasteiger partial charge in [0.05, 0.1) is 0 Å². The number of hydrogen-bond donors (Lipinski definition) is 1. The van der Waals surface area contributed by atoms with Crippen LogP contribution in [0, 0.1) is 0 Å². The van der Waals surface area contributed by atoms with Crippen LogP contribution in [0.25, 0.3) is 0 Å². The zero-order chi connectivity index (χ0) is 12.2. The molecule has 1 atom stereocenters. The fourth-order valence-electron chi connectivity index (χ4n) is 3.06. The van der Waals surface area contributed by atoms with Gasteiger partial charge in [0.15, 0.2) is 0 Å². The second-order valence-electron chi connectivity index (χ2n) is 5.60. The standard InChI is InChI=1S/C16H23NS/c1-2-6-14-11-16(9-8-13(14)5-1)18-12-15-7-3-4-10-17-15/h8-9,11,15,17H,1-7,10,12H2. The van der Waals surface area contributed by atoms with E-state index in [2.05, 4.69) is 23.5 Å². The number of thioether (sulfide) groups is 1. The monoisotopic (exact) mass is 261 g/mol. The average molecular weight is 261 g/mol. The molecule has 0 spiro atoms. The zero-order valence-electron chi connectivity index (χ0n) is 11.1. The van der Waals surface area contributed by atoms with Crippen molar-refractivity contribution in [1.82, 2.24) is 5.32 Å². The number of benzene rings is 1. The molecule has 2 heteroatoms. The summed E-state index contributed by atoms with van der Waals surface area (Å²) in [4.78, 5) is 1.48. The van der Waals surface area contributed by atoms with Crippen LogP contribution in [-0.4, -0.2) is 18.3 Å². The SMILES string of the molecule is c1cc2c(cc1SCC1CCCCN1)CCCC2. The summed E-state index contributed by atoms with van der Waals surface area (Å²) in [7, 11) is 0. The fraction of sp³-hybridized carbons (Fsp3) is 0.625. The van der Waals surface area contributed by atoms with Gasteiger partial charge in [0.1, 0.15) is 0 Å². The molecule has 0 radical (unpaired) electrons. The number of hydrogen-bond acceptors (Lipinski definition) is 2. The fourth-order valence-corrected chi connectivity index (χ4v) is 4.13. The van der Waals surface area contributed by atoms with E-state index in [0.717, 1.165) is 6.04 Å². The highest BCUT2D eigenvalue weighted by atomic mass is 32.2. The van der Waals surface area contributed by atoms with E-state index in [0.29, 0.717) is 0 Å². The molecule has 2 aliphatic rings. The Morgan fingerprint density at radius 2 is 1.94 bits per heavy atom. The summed E-state index contributed by atoms with van der Waals surface area (Å²) >= 11 is 2.04. The summed E-state index contributed by atoms with van der Waals surface area (Å²) in [5, 5.41) is 3.63. The van der Waals surface area contributed by atoms with Crippen LogP contribution in [0.3, 0.4) is 0 Å². The van der Waals surface area contributed by atoms with Crippen LogP contribution in [0.5, 0.6) is 0 Å². The van der Waals surface area contributed by atoms with Gasteiger partial charge in [-0.1, -0.05) is 12.5 Å². The molecule has 0 amide bonds. The summed E-state index contributed by atoms with van der Waals surface area (Å²) < 4.78 is 0. The molecule has 1 aromatic rings. The van der Waals surface area contributed by atoms with Crippen molar-refractivity contribution in [3.05, 3.63) is 29.3 Å². The molecule has 1 aliphatic heterocycles. The van der Waals surface area contributed by atoms with E-state index in [1.54, 1.807) is 11.1 Å². The van der Waals surface area contributed by atoms with Crippen LogP contribution in [-0.2, 0) is 12.8 Å². The molecule has 1 nitrogen and oxygen atoms in total. The molecule has 1 aromatic carbocycles. The highest BCUT2D eigenvalue weighted by Gasteiger charge is 2.14. The van der Waals surface area contributed by atoms with E-state index < -0.39 is 0 Å².